The van der Waals surface area contributed by atoms with Gasteiger partial charge in [-0.05, 0) is 55.8 Å². The number of carbonyl (C=O) groups is 1. The van der Waals surface area contributed by atoms with Gasteiger partial charge in [0, 0.05) is 13.1 Å². The van der Waals surface area contributed by atoms with Crippen molar-refractivity contribution < 1.29 is 26.0 Å². The van der Waals surface area contributed by atoms with Gasteiger partial charge in [-0.2, -0.15) is 4.31 Å². The molecule has 1 N–H and O–H groups in total. The molecule has 35 heavy (non-hydrogen) atoms. The average Bonchev–Trinajstić information content (AvgIpc) is 3.52. The van der Waals surface area contributed by atoms with Gasteiger partial charge in [0.05, 0.1) is 22.5 Å². The van der Waals surface area contributed by atoms with Crippen molar-refractivity contribution in [1.82, 2.24) is 14.5 Å². The Morgan fingerprint density at radius 2 is 1.91 bits per heavy atom. The van der Waals surface area contributed by atoms with Crippen LogP contribution in [0.3, 0.4) is 0 Å². The fourth-order valence-corrected chi connectivity index (χ4v) is 7.47. The molecule has 3 heterocycles. The van der Waals surface area contributed by atoms with Crippen LogP contribution in [-0.2, 0) is 31.1 Å². The zero-order valence-electron chi connectivity index (χ0n) is 19.2. The second-order valence-corrected chi connectivity index (χ2v) is 14.2. The summed E-state index contributed by atoms with van der Waals surface area (Å²) >= 11 is 1.15. The molecule has 0 aliphatic carbocycles. The number of carbonyl (C=O) groups excluding carboxylic acids is 1. The molecule has 10 nitrogen and oxygen atoms in total. The number of thiophene rings is 1. The van der Waals surface area contributed by atoms with Gasteiger partial charge in [0.25, 0.3) is 10.0 Å². The SMILES string of the molecule is CC(C)S(=O)(=O)c1ccc(Cc2nnc(NC(=O)C3CCCN(S(=O)(=O)c4cccs4)C3)o2)cc1. The first-order chi connectivity index (χ1) is 16.6. The van der Waals surface area contributed by atoms with Crippen molar-refractivity contribution in [3.05, 3.63) is 53.2 Å². The minimum atomic E-state index is -3.62. The van der Waals surface area contributed by atoms with Crippen LogP contribution in [0.25, 0.3) is 0 Å². The van der Waals surface area contributed by atoms with E-state index in [0.29, 0.717) is 19.4 Å². The Balaban J connectivity index is 1.37. The predicted molar refractivity (Wildman–Crippen MR) is 130 cm³/mol. The highest BCUT2D eigenvalue weighted by Gasteiger charge is 2.34. The van der Waals surface area contributed by atoms with Crippen LogP contribution in [0.1, 0.15) is 38.1 Å². The third kappa shape index (κ3) is 5.63. The van der Waals surface area contributed by atoms with Gasteiger partial charge in [-0.1, -0.05) is 23.3 Å². The van der Waals surface area contributed by atoms with Crippen LogP contribution in [0.15, 0.2) is 55.3 Å². The molecule has 1 amide bonds. The number of rotatable bonds is 8. The zero-order chi connectivity index (χ0) is 25.2. The van der Waals surface area contributed by atoms with Crippen LogP contribution in [0.2, 0.25) is 0 Å². The summed E-state index contributed by atoms with van der Waals surface area (Å²) in [5.74, 6) is -0.663. The summed E-state index contributed by atoms with van der Waals surface area (Å²) in [6.45, 7) is 3.71. The molecule has 1 saturated heterocycles. The van der Waals surface area contributed by atoms with E-state index in [9.17, 15) is 21.6 Å². The third-order valence-corrected chi connectivity index (χ3v) is 11.2. The largest absolute Gasteiger partial charge is 0.407 e. The van der Waals surface area contributed by atoms with Crippen LogP contribution in [-0.4, -0.2) is 55.6 Å². The lowest BCUT2D eigenvalue weighted by Gasteiger charge is -2.30. The Morgan fingerprint density at radius 3 is 2.57 bits per heavy atom. The monoisotopic (exact) mass is 538 g/mol. The van der Waals surface area contributed by atoms with E-state index in [1.54, 1.807) is 55.6 Å². The van der Waals surface area contributed by atoms with E-state index in [1.807, 2.05) is 0 Å². The van der Waals surface area contributed by atoms with Gasteiger partial charge in [-0.15, -0.1) is 16.4 Å². The first kappa shape index (κ1) is 25.5. The van der Waals surface area contributed by atoms with Crippen molar-refractivity contribution in [3.63, 3.8) is 0 Å². The lowest BCUT2D eigenvalue weighted by Crippen LogP contribution is -2.43. The third-order valence-electron chi connectivity index (χ3n) is 5.77. The number of nitrogens with one attached hydrogen (secondary N) is 1. The number of sulfone groups is 1. The molecule has 1 aliphatic heterocycles. The molecule has 2 aromatic heterocycles. The second-order valence-electron chi connectivity index (χ2n) is 8.54. The van der Waals surface area contributed by atoms with Gasteiger partial charge in [-0.25, -0.2) is 16.8 Å². The molecular formula is C22H26N4O6S3. The Labute approximate surface area is 208 Å². The molecule has 188 valence electrons. The first-order valence-electron chi connectivity index (χ1n) is 11.1. The maximum absolute atomic E-state index is 12.8. The van der Waals surface area contributed by atoms with Crippen LogP contribution >= 0.6 is 11.3 Å². The van der Waals surface area contributed by atoms with Crippen LogP contribution < -0.4 is 5.32 Å². The summed E-state index contributed by atoms with van der Waals surface area (Å²) in [7, 11) is -6.98. The molecule has 0 saturated carbocycles. The topological polar surface area (TPSA) is 140 Å². The Bertz CT molecular complexity index is 1380. The smallest absolute Gasteiger partial charge is 0.322 e. The van der Waals surface area contributed by atoms with Crippen molar-refractivity contribution in [2.24, 2.45) is 5.92 Å². The van der Waals surface area contributed by atoms with E-state index < -0.39 is 31.0 Å². The van der Waals surface area contributed by atoms with Crippen LogP contribution in [0.4, 0.5) is 6.01 Å². The number of hydrogen-bond acceptors (Lipinski definition) is 9. The molecule has 0 bridgehead atoms. The number of hydrogen-bond donors (Lipinski definition) is 1. The highest BCUT2D eigenvalue weighted by atomic mass is 32.2. The molecule has 1 aromatic carbocycles. The molecule has 4 rings (SSSR count). The number of benzene rings is 1. The summed E-state index contributed by atoms with van der Waals surface area (Å²) in [6, 6.07) is 9.62. The predicted octanol–water partition coefficient (Wildman–Crippen LogP) is 2.94. The molecular weight excluding hydrogens is 512 g/mol. The fourth-order valence-electron chi connectivity index (χ4n) is 3.74. The first-order valence-corrected chi connectivity index (χ1v) is 14.9. The van der Waals surface area contributed by atoms with Crippen molar-refractivity contribution >= 4 is 43.1 Å². The van der Waals surface area contributed by atoms with Gasteiger partial charge in [0.2, 0.25) is 11.8 Å². The minimum Gasteiger partial charge on any atom is -0.407 e. The fraction of sp³-hybridized carbons (Fsp3) is 0.409. The summed E-state index contributed by atoms with van der Waals surface area (Å²) in [4.78, 5) is 13.0. The molecule has 1 aliphatic rings. The minimum absolute atomic E-state index is 0.0674. The molecule has 3 aromatic rings. The summed E-state index contributed by atoms with van der Waals surface area (Å²) in [6.07, 6.45) is 1.39. The second kappa shape index (κ2) is 10.2. The summed E-state index contributed by atoms with van der Waals surface area (Å²) < 4.78 is 57.2. The maximum atomic E-state index is 12.8. The highest BCUT2D eigenvalue weighted by molar-refractivity contribution is 7.92. The summed E-state index contributed by atoms with van der Waals surface area (Å²) in [5.41, 5.74) is 0.774. The number of sulfonamides is 1. The lowest BCUT2D eigenvalue weighted by atomic mass is 9.99. The van der Waals surface area contributed by atoms with Crippen LogP contribution in [0, 0.1) is 5.92 Å². The molecule has 1 unspecified atom stereocenters. The zero-order valence-corrected chi connectivity index (χ0v) is 21.7. The Kier molecular flexibility index (Phi) is 7.40. The van der Waals surface area contributed by atoms with Gasteiger partial charge in [-0.3, -0.25) is 10.1 Å². The summed E-state index contributed by atoms with van der Waals surface area (Å²) in [5, 5.41) is 11.6. The van der Waals surface area contributed by atoms with E-state index in [4.69, 9.17) is 4.42 Å². The van der Waals surface area contributed by atoms with E-state index in [0.717, 1.165) is 16.9 Å². The number of nitrogens with zero attached hydrogens (tertiary/aromatic N) is 3. The average molecular weight is 539 g/mol. The number of aromatic nitrogens is 2. The number of anilines is 1. The van der Waals surface area contributed by atoms with Gasteiger partial charge in [0.1, 0.15) is 4.21 Å². The van der Waals surface area contributed by atoms with E-state index >= 15 is 0 Å². The van der Waals surface area contributed by atoms with Gasteiger partial charge >= 0.3 is 6.01 Å². The van der Waals surface area contributed by atoms with E-state index in [-0.39, 0.29) is 39.9 Å². The molecule has 1 atom stereocenters. The maximum Gasteiger partial charge on any atom is 0.322 e. The van der Waals surface area contributed by atoms with E-state index in [2.05, 4.69) is 15.5 Å². The van der Waals surface area contributed by atoms with Crippen molar-refractivity contribution in [2.75, 3.05) is 18.4 Å². The van der Waals surface area contributed by atoms with E-state index in [1.165, 1.54) is 4.31 Å². The van der Waals surface area contributed by atoms with Crippen LogP contribution in [0.5, 0.6) is 0 Å². The number of piperidine rings is 1. The van der Waals surface area contributed by atoms with Gasteiger partial charge in [0.15, 0.2) is 9.84 Å². The lowest BCUT2D eigenvalue weighted by molar-refractivity contribution is -0.121. The quantitative estimate of drug-likeness (QED) is 0.462. The normalized spacial score (nSPS) is 17.5. The molecule has 13 heteroatoms. The van der Waals surface area contributed by atoms with Crippen molar-refractivity contribution in [2.45, 2.75) is 47.5 Å². The molecule has 1 fully saturated rings. The molecule has 0 spiro atoms. The Hall–Kier alpha value is -2.61. The standard InChI is InChI=1S/C22H26N4O6S3/c1-15(2)34(28,29)18-9-7-16(8-10-18)13-19-24-25-22(32-19)23-21(27)17-5-3-11-26(14-17)35(30,31)20-6-4-12-33-20/h4,6-10,12,15,17H,3,5,11,13-14H2,1-2H3,(H,23,25,27). The molecule has 0 radical (unpaired) electrons. The van der Waals surface area contributed by atoms with Gasteiger partial charge < -0.3 is 4.42 Å². The number of amides is 1. The Morgan fingerprint density at radius 1 is 1.17 bits per heavy atom. The van der Waals surface area contributed by atoms with Crippen molar-refractivity contribution in [3.8, 4) is 0 Å². The van der Waals surface area contributed by atoms with Crippen molar-refractivity contribution in [1.29, 1.82) is 0 Å². The highest BCUT2D eigenvalue weighted by Crippen LogP contribution is 2.27.